The normalized spacial score (nSPS) is 23.6. The summed E-state index contributed by atoms with van der Waals surface area (Å²) >= 11 is 0. The summed E-state index contributed by atoms with van der Waals surface area (Å²) in [4.78, 5) is 11.1. The van der Waals surface area contributed by atoms with Gasteiger partial charge in [0.1, 0.15) is 5.75 Å². The molecule has 1 saturated heterocycles. The summed E-state index contributed by atoms with van der Waals surface area (Å²) in [7, 11) is 1.34. The lowest BCUT2D eigenvalue weighted by Gasteiger charge is -2.11. The van der Waals surface area contributed by atoms with E-state index in [1.54, 1.807) is 24.3 Å². The van der Waals surface area contributed by atoms with Gasteiger partial charge in [0.05, 0.1) is 26.2 Å². The van der Waals surface area contributed by atoms with Crippen molar-refractivity contribution in [3.05, 3.63) is 29.8 Å². The molecule has 1 aromatic rings. The average Bonchev–Trinajstić information content (AvgIpc) is 2.77. The number of carbonyl (C=O) groups is 1. The minimum Gasteiger partial charge on any atom is -0.508 e. The zero-order chi connectivity index (χ0) is 12.3. The van der Waals surface area contributed by atoms with Gasteiger partial charge in [-0.15, -0.1) is 0 Å². The highest BCUT2D eigenvalue weighted by Crippen LogP contribution is 2.29. The Hall–Kier alpha value is -1.59. The molecule has 0 saturated carbocycles. The van der Waals surface area contributed by atoms with E-state index in [2.05, 4.69) is 4.74 Å². The number of aromatic hydroxyl groups is 1. The van der Waals surface area contributed by atoms with Gasteiger partial charge in [-0.05, 0) is 12.1 Å². The summed E-state index contributed by atoms with van der Waals surface area (Å²) in [5.74, 6) is -0.165. The molecular weight excluding hydrogens is 224 g/mol. The fraction of sp³-hybridized carbons (Fsp3) is 0.417. The van der Waals surface area contributed by atoms with Crippen LogP contribution in [0, 0.1) is 0 Å². The molecule has 92 valence electrons. The maximum absolute atomic E-state index is 11.1. The summed E-state index contributed by atoms with van der Waals surface area (Å²) in [6, 6.07) is 6.66. The zero-order valence-electron chi connectivity index (χ0n) is 9.46. The summed E-state index contributed by atoms with van der Waals surface area (Å²) in [6.45, 7) is 0.343. The van der Waals surface area contributed by atoms with Crippen molar-refractivity contribution in [1.82, 2.24) is 0 Å². The maximum Gasteiger partial charge on any atom is 0.308 e. The highest BCUT2D eigenvalue weighted by Gasteiger charge is 2.29. The first-order valence-corrected chi connectivity index (χ1v) is 5.32. The standard InChI is InChI=1S/C12H14O5/c1-15-11(14)6-10-7-16-12(17-10)8-3-2-4-9(13)5-8/h2-5,10,12-13H,6-7H2,1H3. The smallest absolute Gasteiger partial charge is 0.308 e. The van der Waals surface area contributed by atoms with Gasteiger partial charge in [0.15, 0.2) is 6.29 Å². The molecule has 5 heteroatoms. The second kappa shape index (κ2) is 5.16. The molecule has 2 rings (SSSR count). The number of phenolic OH excluding ortho intramolecular Hbond substituents is 1. The van der Waals surface area contributed by atoms with Gasteiger partial charge >= 0.3 is 5.97 Å². The third kappa shape index (κ3) is 2.95. The summed E-state index contributed by atoms with van der Waals surface area (Å²) in [5.41, 5.74) is 0.734. The fourth-order valence-electron chi connectivity index (χ4n) is 1.67. The van der Waals surface area contributed by atoms with Crippen LogP contribution in [-0.4, -0.2) is 30.9 Å². The number of ether oxygens (including phenoxy) is 3. The Balaban J connectivity index is 1.96. The molecule has 0 amide bonds. The van der Waals surface area contributed by atoms with Crippen molar-refractivity contribution in [2.45, 2.75) is 18.8 Å². The van der Waals surface area contributed by atoms with Crippen molar-refractivity contribution in [2.24, 2.45) is 0 Å². The molecule has 1 aliphatic rings. The predicted octanol–water partition coefficient (Wildman–Crippen LogP) is 1.37. The van der Waals surface area contributed by atoms with Crippen molar-refractivity contribution in [3.8, 4) is 5.75 Å². The molecule has 1 aliphatic heterocycles. The minimum absolute atomic E-state index is 0.158. The Morgan fingerprint density at radius 2 is 2.41 bits per heavy atom. The summed E-state index contributed by atoms with van der Waals surface area (Å²) in [5, 5.41) is 9.34. The van der Waals surface area contributed by atoms with Crippen molar-refractivity contribution in [3.63, 3.8) is 0 Å². The van der Waals surface area contributed by atoms with Gasteiger partial charge in [0.25, 0.3) is 0 Å². The average molecular weight is 238 g/mol. The van der Waals surface area contributed by atoms with E-state index in [1.165, 1.54) is 7.11 Å². The Labute approximate surface area is 98.9 Å². The van der Waals surface area contributed by atoms with Gasteiger partial charge in [-0.25, -0.2) is 0 Å². The molecule has 0 aromatic heterocycles. The molecule has 1 N–H and O–H groups in total. The summed E-state index contributed by atoms with van der Waals surface area (Å²) in [6.07, 6.45) is -0.655. The van der Waals surface area contributed by atoms with E-state index in [0.29, 0.717) is 6.61 Å². The lowest BCUT2D eigenvalue weighted by molar-refractivity contribution is -0.143. The van der Waals surface area contributed by atoms with Crippen LogP contribution in [0.5, 0.6) is 5.75 Å². The number of methoxy groups -OCH3 is 1. The SMILES string of the molecule is COC(=O)CC1COC(c2cccc(O)c2)O1. The topological polar surface area (TPSA) is 65.0 Å². The van der Waals surface area contributed by atoms with Gasteiger partial charge in [0.2, 0.25) is 0 Å². The number of benzene rings is 1. The number of rotatable bonds is 3. The lowest BCUT2D eigenvalue weighted by Crippen LogP contribution is -2.16. The first kappa shape index (κ1) is 11.9. The molecule has 0 spiro atoms. The maximum atomic E-state index is 11.1. The number of hydrogen-bond acceptors (Lipinski definition) is 5. The van der Waals surface area contributed by atoms with E-state index in [0.717, 1.165) is 5.56 Å². The zero-order valence-corrected chi connectivity index (χ0v) is 9.46. The molecule has 2 atom stereocenters. The molecule has 1 fully saturated rings. The van der Waals surface area contributed by atoms with E-state index in [4.69, 9.17) is 9.47 Å². The fourth-order valence-corrected chi connectivity index (χ4v) is 1.67. The van der Waals surface area contributed by atoms with Crippen molar-refractivity contribution >= 4 is 5.97 Å². The van der Waals surface area contributed by atoms with Crippen molar-refractivity contribution in [1.29, 1.82) is 0 Å². The molecule has 0 radical (unpaired) electrons. The molecule has 0 aliphatic carbocycles. The third-order valence-corrected chi connectivity index (χ3v) is 2.51. The second-order valence-corrected chi connectivity index (χ2v) is 3.80. The predicted molar refractivity (Wildman–Crippen MR) is 58.3 cm³/mol. The van der Waals surface area contributed by atoms with Crippen LogP contribution in [0.25, 0.3) is 0 Å². The van der Waals surface area contributed by atoms with Crippen molar-refractivity contribution < 1.29 is 24.1 Å². The highest BCUT2D eigenvalue weighted by atomic mass is 16.7. The molecule has 17 heavy (non-hydrogen) atoms. The molecule has 1 heterocycles. The second-order valence-electron chi connectivity index (χ2n) is 3.80. The Morgan fingerprint density at radius 1 is 1.59 bits per heavy atom. The van der Waals surface area contributed by atoms with Crippen LogP contribution in [0.4, 0.5) is 0 Å². The van der Waals surface area contributed by atoms with Crippen LogP contribution >= 0.6 is 0 Å². The van der Waals surface area contributed by atoms with Gasteiger partial charge in [-0.3, -0.25) is 4.79 Å². The highest BCUT2D eigenvalue weighted by molar-refractivity contribution is 5.69. The minimum atomic E-state index is -0.531. The molecule has 2 unspecified atom stereocenters. The summed E-state index contributed by atoms with van der Waals surface area (Å²) < 4.78 is 15.5. The van der Waals surface area contributed by atoms with E-state index in [9.17, 15) is 9.90 Å². The lowest BCUT2D eigenvalue weighted by atomic mass is 10.2. The van der Waals surface area contributed by atoms with E-state index in [1.807, 2.05) is 0 Å². The number of hydrogen-bond donors (Lipinski definition) is 1. The largest absolute Gasteiger partial charge is 0.508 e. The van der Waals surface area contributed by atoms with Gasteiger partial charge in [0, 0.05) is 5.56 Å². The van der Waals surface area contributed by atoms with E-state index in [-0.39, 0.29) is 24.2 Å². The number of carbonyl (C=O) groups excluding carboxylic acids is 1. The Morgan fingerprint density at radius 3 is 3.12 bits per heavy atom. The first-order chi connectivity index (χ1) is 8.19. The Bertz CT molecular complexity index is 404. The van der Waals surface area contributed by atoms with Crippen LogP contribution in [0.2, 0.25) is 0 Å². The van der Waals surface area contributed by atoms with Gasteiger partial charge in [-0.2, -0.15) is 0 Å². The number of phenols is 1. The molecular formula is C12H14O5. The van der Waals surface area contributed by atoms with E-state index >= 15 is 0 Å². The quantitative estimate of drug-likeness (QED) is 0.806. The van der Waals surface area contributed by atoms with Crippen LogP contribution in [0.3, 0.4) is 0 Å². The monoisotopic (exact) mass is 238 g/mol. The molecule has 1 aromatic carbocycles. The van der Waals surface area contributed by atoms with Crippen molar-refractivity contribution in [2.75, 3.05) is 13.7 Å². The molecule has 0 bridgehead atoms. The van der Waals surface area contributed by atoms with Crippen LogP contribution in [-0.2, 0) is 19.0 Å². The van der Waals surface area contributed by atoms with Crippen LogP contribution in [0.1, 0.15) is 18.3 Å². The van der Waals surface area contributed by atoms with E-state index < -0.39 is 6.29 Å². The van der Waals surface area contributed by atoms with Gasteiger partial charge < -0.3 is 19.3 Å². The Kier molecular flexibility index (Phi) is 3.61. The number of esters is 1. The van der Waals surface area contributed by atoms with Crippen LogP contribution in [0.15, 0.2) is 24.3 Å². The first-order valence-electron chi connectivity index (χ1n) is 5.32. The van der Waals surface area contributed by atoms with Crippen LogP contribution < -0.4 is 0 Å². The van der Waals surface area contributed by atoms with Gasteiger partial charge in [-0.1, -0.05) is 12.1 Å². The molecule has 5 nitrogen and oxygen atoms in total. The third-order valence-electron chi connectivity index (χ3n) is 2.51.